The molecule has 0 radical (unpaired) electrons. The smallest absolute Gasteiger partial charge is 0.390 e. The number of aliphatic hydroxyl groups excluding tert-OH is 1. The zero-order valence-corrected chi connectivity index (χ0v) is 14.4. The number of halogens is 3. The van der Waals surface area contributed by atoms with Gasteiger partial charge in [0, 0.05) is 6.42 Å². The van der Waals surface area contributed by atoms with E-state index in [9.17, 15) is 27.9 Å². The number of anilines is 1. The van der Waals surface area contributed by atoms with Crippen LogP contribution in [0.1, 0.15) is 31.4 Å². The molecular weight excluding hydrogens is 365 g/mol. The minimum Gasteiger partial charge on any atom is -0.390 e. The van der Waals surface area contributed by atoms with Gasteiger partial charge in [-0.15, -0.1) is 0 Å². The summed E-state index contributed by atoms with van der Waals surface area (Å²) in [5.74, 6) is -3.19. The minimum atomic E-state index is -4.81. The van der Waals surface area contributed by atoms with Crippen LogP contribution in [0.2, 0.25) is 0 Å². The second-order valence-electron chi connectivity index (χ2n) is 7.63. The first-order chi connectivity index (χ1) is 12.4. The number of ether oxygens (including phenoxy) is 1. The van der Waals surface area contributed by atoms with E-state index in [1.165, 1.54) is 6.07 Å². The van der Waals surface area contributed by atoms with Crippen molar-refractivity contribution >= 4 is 17.5 Å². The lowest BCUT2D eigenvalue weighted by molar-refractivity contribution is -0.138. The van der Waals surface area contributed by atoms with E-state index < -0.39 is 58.3 Å². The summed E-state index contributed by atoms with van der Waals surface area (Å²) >= 11 is 0. The topological polar surface area (TPSA) is 90.6 Å². The number of benzene rings is 1. The quantitative estimate of drug-likeness (QED) is 0.753. The number of carbonyl (C=O) groups excluding carboxylic acids is 2. The van der Waals surface area contributed by atoms with Gasteiger partial charge in [-0.2, -0.15) is 18.4 Å². The molecule has 0 aromatic heterocycles. The zero-order chi connectivity index (χ0) is 19.9. The Labute approximate surface area is 152 Å². The summed E-state index contributed by atoms with van der Waals surface area (Å²) in [4.78, 5) is 26.6. The van der Waals surface area contributed by atoms with E-state index in [1.54, 1.807) is 13.8 Å². The molecular formula is C18H15F3N2O4. The maximum atomic E-state index is 13.2. The van der Waals surface area contributed by atoms with Gasteiger partial charge in [-0.25, -0.2) is 4.90 Å². The number of rotatable bonds is 1. The molecule has 3 heterocycles. The lowest BCUT2D eigenvalue weighted by Crippen LogP contribution is -2.49. The molecule has 3 aliphatic heterocycles. The summed E-state index contributed by atoms with van der Waals surface area (Å²) in [7, 11) is 0. The highest BCUT2D eigenvalue weighted by Gasteiger charge is 2.75. The first-order valence-corrected chi connectivity index (χ1v) is 8.31. The molecule has 3 fully saturated rings. The lowest BCUT2D eigenvalue weighted by atomic mass is 9.67. The third kappa shape index (κ3) is 2.14. The molecule has 6 nitrogen and oxygen atoms in total. The SMILES string of the molecule is CC12C[C@@H](O)[C@](C)(O1)[C@@H]1C(=O)N(c3ccc(C#N)c(C(F)(F)F)c3)C(=O)[C@@H]12. The van der Waals surface area contributed by atoms with Gasteiger partial charge < -0.3 is 9.84 Å². The molecule has 5 atom stereocenters. The van der Waals surface area contributed by atoms with E-state index in [1.807, 2.05) is 0 Å². The number of nitriles is 1. The first kappa shape index (κ1) is 17.9. The summed E-state index contributed by atoms with van der Waals surface area (Å²) in [6.45, 7) is 3.17. The molecule has 0 saturated carbocycles. The Morgan fingerprint density at radius 3 is 2.48 bits per heavy atom. The van der Waals surface area contributed by atoms with Gasteiger partial charge in [0.15, 0.2) is 0 Å². The number of fused-ring (bicyclic) bond motifs is 5. The molecule has 1 unspecified atom stereocenters. The maximum Gasteiger partial charge on any atom is 0.417 e. The van der Waals surface area contributed by atoms with E-state index in [0.717, 1.165) is 17.0 Å². The van der Waals surface area contributed by atoms with E-state index in [-0.39, 0.29) is 12.1 Å². The number of hydrogen-bond donors (Lipinski definition) is 1. The molecule has 3 saturated heterocycles. The van der Waals surface area contributed by atoms with Crippen LogP contribution < -0.4 is 4.90 Å². The summed E-state index contributed by atoms with van der Waals surface area (Å²) in [6, 6.07) is 4.19. The summed E-state index contributed by atoms with van der Waals surface area (Å²) in [5.41, 5.74) is -4.37. The molecule has 0 aliphatic carbocycles. The molecule has 2 amide bonds. The molecule has 9 heteroatoms. The van der Waals surface area contributed by atoms with Crippen molar-refractivity contribution in [2.75, 3.05) is 4.90 Å². The molecule has 1 aromatic rings. The fourth-order valence-electron chi connectivity index (χ4n) is 4.78. The fraction of sp³-hybridized carbons (Fsp3) is 0.500. The van der Waals surface area contributed by atoms with Gasteiger partial charge in [0.1, 0.15) is 5.60 Å². The van der Waals surface area contributed by atoms with Crippen LogP contribution in [0.5, 0.6) is 0 Å². The van der Waals surface area contributed by atoms with E-state index in [4.69, 9.17) is 10.00 Å². The van der Waals surface area contributed by atoms with Crippen LogP contribution in [-0.4, -0.2) is 34.2 Å². The molecule has 1 N–H and O–H groups in total. The van der Waals surface area contributed by atoms with Crippen LogP contribution in [0.15, 0.2) is 18.2 Å². The van der Waals surface area contributed by atoms with Crippen LogP contribution in [0, 0.1) is 23.2 Å². The van der Waals surface area contributed by atoms with Gasteiger partial charge >= 0.3 is 6.18 Å². The third-order valence-electron chi connectivity index (χ3n) is 5.98. The van der Waals surface area contributed by atoms with Gasteiger partial charge in [0.05, 0.1) is 46.4 Å². The number of nitrogens with zero attached hydrogens (tertiary/aromatic N) is 2. The first-order valence-electron chi connectivity index (χ1n) is 8.31. The van der Waals surface area contributed by atoms with Crippen molar-refractivity contribution in [1.82, 2.24) is 0 Å². The second-order valence-corrected chi connectivity index (χ2v) is 7.63. The number of hydrogen-bond acceptors (Lipinski definition) is 5. The molecule has 2 bridgehead atoms. The minimum absolute atomic E-state index is 0.165. The van der Waals surface area contributed by atoms with Crippen LogP contribution in [-0.2, 0) is 20.5 Å². The van der Waals surface area contributed by atoms with Gasteiger partial charge in [0.25, 0.3) is 0 Å². The number of amides is 2. The summed E-state index contributed by atoms with van der Waals surface area (Å²) in [6.07, 6.45) is -5.59. The Morgan fingerprint density at radius 2 is 1.89 bits per heavy atom. The number of imide groups is 1. The predicted octanol–water partition coefficient (Wildman–Crippen LogP) is 1.99. The van der Waals surface area contributed by atoms with Crippen molar-refractivity contribution in [3.05, 3.63) is 29.3 Å². The molecule has 142 valence electrons. The largest absolute Gasteiger partial charge is 0.417 e. The fourth-order valence-corrected chi connectivity index (χ4v) is 4.78. The van der Waals surface area contributed by atoms with E-state index in [0.29, 0.717) is 6.07 Å². The number of alkyl halides is 3. The van der Waals surface area contributed by atoms with Crippen molar-refractivity contribution in [3.8, 4) is 6.07 Å². The highest BCUT2D eigenvalue weighted by atomic mass is 19.4. The van der Waals surface area contributed by atoms with Crippen molar-refractivity contribution in [2.24, 2.45) is 11.8 Å². The van der Waals surface area contributed by atoms with Crippen molar-refractivity contribution in [1.29, 1.82) is 5.26 Å². The average Bonchev–Trinajstić information content (AvgIpc) is 3.07. The third-order valence-corrected chi connectivity index (χ3v) is 5.98. The van der Waals surface area contributed by atoms with Crippen LogP contribution in [0.4, 0.5) is 18.9 Å². The summed E-state index contributed by atoms with van der Waals surface area (Å²) < 4.78 is 45.6. The van der Waals surface area contributed by atoms with Crippen molar-refractivity contribution < 1.29 is 32.6 Å². The van der Waals surface area contributed by atoms with Crippen molar-refractivity contribution in [3.63, 3.8) is 0 Å². The maximum absolute atomic E-state index is 13.2. The van der Waals surface area contributed by atoms with Crippen LogP contribution in [0.25, 0.3) is 0 Å². The monoisotopic (exact) mass is 380 g/mol. The van der Waals surface area contributed by atoms with E-state index in [2.05, 4.69) is 0 Å². The molecule has 4 rings (SSSR count). The normalized spacial score (nSPS) is 37.7. The number of carbonyl (C=O) groups is 2. The Morgan fingerprint density at radius 1 is 1.26 bits per heavy atom. The van der Waals surface area contributed by atoms with E-state index >= 15 is 0 Å². The van der Waals surface area contributed by atoms with Crippen molar-refractivity contribution in [2.45, 2.75) is 43.8 Å². The molecule has 3 aliphatic rings. The highest BCUT2D eigenvalue weighted by Crippen LogP contribution is 2.61. The van der Waals surface area contributed by atoms with Gasteiger partial charge in [-0.05, 0) is 32.0 Å². The lowest BCUT2D eigenvalue weighted by Gasteiger charge is -2.31. The zero-order valence-electron chi connectivity index (χ0n) is 14.4. The van der Waals surface area contributed by atoms with Gasteiger partial charge in [-0.3, -0.25) is 9.59 Å². The van der Waals surface area contributed by atoms with Crippen LogP contribution in [0.3, 0.4) is 0 Å². The Balaban J connectivity index is 1.81. The summed E-state index contributed by atoms with van der Waals surface area (Å²) in [5, 5.41) is 19.2. The van der Waals surface area contributed by atoms with Gasteiger partial charge in [-0.1, -0.05) is 0 Å². The van der Waals surface area contributed by atoms with Gasteiger partial charge in [0.2, 0.25) is 11.8 Å². The Bertz CT molecular complexity index is 924. The molecule has 27 heavy (non-hydrogen) atoms. The Kier molecular flexibility index (Phi) is 3.38. The second kappa shape index (κ2) is 5.09. The Hall–Kier alpha value is -2.44. The highest BCUT2D eigenvalue weighted by molar-refractivity contribution is 6.23. The average molecular weight is 380 g/mol. The standard InChI is InChI=1S/C18H15F3N2O4/c1-16-6-11(24)17(2,27-16)13-12(16)14(25)23(15(13)26)9-4-3-8(7-22)10(5-9)18(19,20)21/h3-5,11-13,24H,6H2,1-2H3/t11-,12-,13+,16?,17+/m1/s1. The molecule has 0 spiro atoms. The number of aliphatic hydroxyl groups is 1. The predicted molar refractivity (Wildman–Crippen MR) is 84.2 cm³/mol. The van der Waals surface area contributed by atoms with Crippen LogP contribution >= 0.6 is 0 Å². The molecule has 1 aromatic carbocycles.